The Labute approximate surface area is 103 Å². The van der Waals surface area contributed by atoms with Crippen molar-refractivity contribution in [2.24, 2.45) is 0 Å². The predicted octanol–water partition coefficient (Wildman–Crippen LogP) is 4.12. The van der Waals surface area contributed by atoms with Gasteiger partial charge in [-0.15, -0.1) is 0 Å². The van der Waals surface area contributed by atoms with Crippen LogP contribution in [0.5, 0.6) is 0 Å². The Morgan fingerprint density at radius 2 is 1.67 bits per heavy atom. The summed E-state index contributed by atoms with van der Waals surface area (Å²) in [5.74, 6) is 4.30. The second-order valence-electron chi connectivity index (χ2n) is 4.64. The van der Waals surface area contributed by atoms with Crippen molar-refractivity contribution in [2.45, 2.75) is 51.6 Å². The summed E-state index contributed by atoms with van der Waals surface area (Å²) in [6.07, 6.45) is 6.28. The van der Waals surface area contributed by atoms with Gasteiger partial charge in [-0.3, -0.25) is 0 Å². The number of hydrogen-bond donors (Lipinski definition) is 0. The van der Waals surface area contributed by atoms with Crippen LogP contribution in [0.4, 0.5) is 0 Å². The van der Waals surface area contributed by atoms with Gasteiger partial charge in [0.1, 0.15) is 0 Å². The zero-order valence-electron chi connectivity index (χ0n) is 9.53. The zero-order chi connectivity index (χ0) is 10.9. The van der Waals surface area contributed by atoms with Gasteiger partial charge in [0.2, 0.25) is 0 Å². The topological polar surface area (TPSA) is 17.1 Å². The summed E-state index contributed by atoms with van der Waals surface area (Å²) in [6, 6.07) is 0. The molecule has 1 aliphatic heterocycles. The van der Waals surface area contributed by atoms with E-state index in [1.54, 1.807) is 0 Å². The molecule has 3 heteroatoms. The van der Waals surface area contributed by atoms with Gasteiger partial charge in [-0.25, -0.2) is 0 Å². The first-order chi connectivity index (χ1) is 7.10. The van der Waals surface area contributed by atoms with E-state index in [0.29, 0.717) is 5.66 Å². The minimum atomic E-state index is -2.09. The molecule has 1 aliphatic carbocycles. The van der Waals surface area contributed by atoms with Crippen LogP contribution < -0.4 is 0 Å². The Morgan fingerprint density at radius 3 is 2.20 bits per heavy atom. The quantitative estimate of drug-likeness (QED) is 0.519. The molecule has 2 aliphatic rings. The SMILES string of the molecule is CC1=CP(=O)(C2CCCCC2)C=C(C)[Te]1. The van der Waals surface area contributed by atoms with E-state index in [4.69, 9.17) is 0 Å². The van der Waals surface area contributed by atoms with Crippen molar-refractivity contribution in [3.63, 3.8) is 0 Å². The Kier molecular flexibility index (Phi) is 3.82. The van der Waals surface area contributed by atoms with Crippen LogP contribution in [0.2, 0.25) is 0 Å². The molecule has 0 amide bonds. The van der Waals surface area contributed by atoms with E-state index in [9.17, 15) is 4.57 Å². The molecule has 0 N–H and O–H groups in total. The van der Waals surface area contributed by atoms with E-state index in [1.165, 1.54) is 39.3 Å². The molecule has 0 aromatic rings. The molecular formula is C12H19OPTe. The second kappa shape index (κ2) is 4.78. The monoisotopic (exact) mass is 340 g/mol. The molecule has 1 saturated carbocycles. The molecular weight excluding hydrogens is 319 g/mol. The summed E-state index contributed by atoms with van der Waals surface area (Å²) in [4.78, 5) is 0. The van der Waals surface area contributed by atoms with E-state index in [2.05, 4.69) is 25.5 Å². The van der Waals surface area contributed by atoms with Crippen molar-refractivity contribution >= 4 is 28.1 Å². The minimum absolute atomic E-state index is 0.119. The van der Waals surface area contributed by atoms with E-state index < -0.39 is 7.14 Å². The van der Waals surface area contributed by atoms with E-state index >= 15 is 0 Å². The third-order valence-electron chi connectivity index (χ3n) is 3.23. The molecule has 0 atom stereocenters. The first-order valence-corrected chi connectivity index (χ1v) is 10.0. The maximum absolute atomic E-state index is 12.9. The molecule has 0 aromatic heterocycles. The predicted molar refractivity (Wildman–Crippen MR) is 67.7 cm³/mol. The Balaban J connectivity index is 2.24. The van der Waals surface area contributed by atoms with E-state index in [0.717, 1.165) is 0 Å². The van der Waals surface area contributed by atoms with Crippen LogP contribution in [-0.4, -0.2) is 26.6 Å². The fraction of sp³-hybridized carbons (Fsp3) is 0.667. The molecule has 84 valence electrons. The van der Waals surface area contributed by atoms with Gasteiger partial charge in [0, 0.05) is 0 Å². The molecule has 0 unspecified atom stereocenters. The van der Waals surface area contributed by atoms with Gasteiger partial charge in [-0.2, -0.15) is 0 Å². The first-order valence-electron chi connectivity index (χ1n) is 5.76. The molecule has 0 radical (unpaired) electrons. The number of allylic oxidation sites excluding steroid dienone is 2. The Bertz CT molecular complexity index is 329. The maximum atomic E-state index is 12.9. The fourth-order valence-electron chi connectivity index (χ4n) is 2.61. The molecule has 0 spiro atoms. The van der Waals surface area contributed by atoms with Crippen molar-refractivity contribution in [2.75, 3.05) is 0 Å². The summed E-state index contributed by atoms with van der Waals surface area (Å²) >= 11 is -0.119. The third kappa shape index (κ3) is 2.79. The van der Waals surface area contributed by atoms with E-state index in [-0.39, 0.29) is 20.9 Å². The first kappa shape index (κ1) is 12.0. The number of rotatable bonds is 1. The van der Waals surface area contributed by atoms with Gasteiger partial charge in [0.05, 0.1) is 0 Å². The second-order valence-corrected chi connectivity index (χ2v) is 11.7. The van der Waals surface area contributed by atoms with Crippen molar-refractivity contribution in [3.05, 3.63) is 18.9 Å². The Morgan fingerprint density at radius 1 is 1.13 bits per heavy atom. The van der Waals surface area contributed by atoms with Gasteiger partial charge in [-0.1, -0.05) is 0 Å². The van der Waals surface area contributed by atoms with Crippen molar-refractivity contribution in [1.82, 2.24) is 0 Å². The molecule has 0 aromatic carbocycles. The normalized spacial score (nSPS) is 27.1. The number of hydrogen-bond acceptors (Lipinski definition) is 1. The van der Waals surface area contributed by atoms with Gasteiger partial charge in [0.25, 0.3) is 0 Å². The summed E-state index contributed by atoms with van der Waals surface area (Å²) in [5.41, 5.74) is 0.476. The standard InChI is InChI=1S/C12H19OPTe/c1-10-8-14(13,9-11(2)15-10)12-6-4-3-5-7-12/h8-9,12H,3-7H2,1-2H3. The summed E-state index contributed by atoms with van der Waals surface area (Å²) in [7, 11) is -2.09. The van der Waals surface area contributed by atoms with Gasteiger partial charge in [0.15, 0.2) is 0 Å². The summed E-state index contributed by atoms with van der Waals surface area (Å²) in [6.45, 7) is 4.35. The average Bonchev–Trinajstić information content (AvgIpc) is 2.17. The molecule has 0 saturated heterocycles. The zero-order valence-corrected chi connectivity index (χ0v) is 12.8. The van der Waals surface area contributed by atoms with Gasteiger partial charge in [-0.05, 0) is 0 Å². The average molecular weight is 338 g/mol. The van der Waals surface area contributed by atoms with Crippen LogP contribution in [0.1, 0.15) is 46.0 Å². The third-order valence-corrected chi connectivity index (χ3v) is 10.1. The molecule has 1 heterocycles. The fourth-order valence-corrected chi connectivity index (χ4v) is 10.7. The molecule has 1 fully saturated rings. The van der Waals surface area contributed by atoms with Crippen LogP contribution in [0.25, 0.3) is 0 Å². The van der Waals surface area contributed by atoms with Crippen LogP contribution in [-0.2, 0) is 4.57 Å². The van der Waals surface area contributed by atoms with Crippen molar-refractivity contribution in [1.29, 1.82) is 0 Å². The van der Waals surface area contributed by atoms with Crippen LogP contribution in [0.3, 0.4) is 0 Å². The van der Waals surface area contributed by atoms with Gasteiger partial charge < -0.3 is 0 Å². The van der Waals surface area contributed by atoms with Crippen LogP contribution in [0, 0.1) is 0 Å². The van der Waals surface area contributed by atoms with Crippen molar-refractivity contribution < 1.29 is 4.57 Å². The molecule has 15 heavy (non-hydrogen) atoms. The van der Waals surface area contributed by atoms with Crippen molar-refractivity contribution in [3.8, 4) is 0 Å². The van der Waals surface area contributed by atoms with Crippen LogP contribution >= 0.6 is 7.14 Å². The van der Waals surface area contributed by atoms with Crippen LogP contribution in [0.15, 0.2) is 18.9 Å². The Hall–Kier alpha value is 0.500. The van der Waals surface area contributed by atoms with E-state index in [1.807, 2.05) is 0 Å². The molecule has 2 rings (SSSR count). The molecule has 0 bridgehead atoms. The molecule has 1 nitrogen and oxygen atoms in total. The summed E-state index contributed by atoms with van der Waals surface area (Å²) in [5, 5.41) is 0. The summed E-state index contributed by atoms with van der Waals surface area (Å²) < 4.78 is 15.8. The van der Waals surface area contributed by atoms with Gasteiger partial charge >= 0.3 is 103 Å².